The minimum atomic E-state index is 0.507. The topological polar surface area (TPSA) is 48.1 Å². The Morgan fingerprint density at radius 1 is 0.955 bits per heavy atom. The summed E-state index contributed by atoms with van der Waals surface area (Å²) in [6, 6.07) is 21.8. The Labute approximate surface area is 130 Å². The van der Waals surface area contributed by atoms with Crippen molar-refractivity contribution in [3.63, 3.8) is 0 Å². The second-order valence-electron chi connectivity index (χ2n) is 5.22. The summed E-state index contributed by atoms with van der Waals surface area (Å²) in [6.07, 6.45) is 0. The number of aryl methyl sites for hydroxylation is 1. The zero-order valence-corrected chi connectivity index (χ0v) is 12.5. The Kier molecular flexibility index (Phi) is 4.05. The van der Waals surface area contributed by atoms with Crippen molar-refractivity contribution in [1.29, 1.82) is 0 Å². The SMILES string of the molecule is Cc1ccc(OCc2ccccc2)c(-c2cccc(N)n2)c1. The molecule has 22 heavy (non-hydrogen) atoms. The maximum atomic E-state index is 5.99. The average Bonchev–Trinajstić information content (AvgIpc) is 2.54. The van der Waals surface area contributed by atoms with Gasteiger partial charge in [0.15, 0.2) is 0 Å². The first-order valence-corrected chi connectivity index (χ1v) is 7.22. The smallest absolute Gasteiger partial charge is 0.129 e. The molecule has 3 nitrogen and oxygen atoms in total. The Hall–Kier alpha value is -2.81. The van der Waals surface area contributed by atoms with E-state index in [1.165, 1.54) is 0 Å². The maximum Gasteiger partial charge on any atom is 0.129 e. The van der Waals surface area contributed by atoms with Gasteiger partial charge in [-0.25, -0.2) is 4.98 Å². The molecule has 1 heterocycles. The molecule has 110 valence electrons. The van der Waals surface area contributed by atoms with Gasteiger partial charge in [0, 0.05) is 5.56 Å². The Morgan fingerprint density at radius 3 is 2.55 bits per heavy atom. The predicted octanol–water partition coefficient (Wildman–Crippen LogP) is 4.22. The molecule has 0 fully saturated rings. The summed E-state index contributed by atoms with van der Waals surface area (Å²) in [7, 11) is 0. The molecule has 3 aromatic rings. The van der Waals surface area contributed by atoms with Gasteiger partial charge < -0.3 is 10.5 Å². The normalized spacial score (nSPS) is 10.4. The lowest BCUT2D eigenvalue weighted by atomic mass is 10.1. The minimum absolute atomic E-state index is 0.507. The number of nitrogens with two attached hydrogens (primary N) is 1. The summed E-state index contributed by atoms with van der Waals surface area (Å²) in [5.41, 5.74) is 9.88. The number of nitrogens with zero attached hydrogens (tertiary/aromatic N) is 1. The summed E-state index contributed by atoms with van der Waals surface area (Å²) in [6.45, 7) is 2.58. The zero-order chi connectivity index (χ0) is 15.4. The van der Waals surface area contributed by atoms with Gasteiger partial charge in [-0.05, 0) is 36.8 Å². The standard InChI is InChI=1S/C19H18N2O/c1-14-10-11-18(22-13-15-6-3-2-4-7-15)16(12-14)17-8-5-9-19(20)21-17/h2-12H,13H2,1H3,(H2,20,21). The van der Waals surface area contributed by atoms with Gasteiger partial charge in [0.2, 0.25) is 0 Å². The van der Waals surface area contributed by atoms with E-state index in [9.17, 15) is 0 Å². The minimum Gasteiger partial charge on any atom is -0.488 e. The van der Waals surface area contributed by atoms with Crippen LogP contribution >= 0.6 is 0 Å². The van der Waals surface area contributed by atoms with Crippen LogP contribution in [0.3, 0.4) is 0 Å². The van der Waals surface area contributed by atoms with Gasteiger partial charge in [-0.2, -0.15) is 0 Å². The number of nitrogen functional groups attached to an aromatic ring is 1. The van der Waals surface area contributed by atoms with Crippen LogP contribution in [-0.2, 0) is 6.61 Å². The predicted molar refractivity (Wildman–Crippen MR) is 89.6 cm³/mol. The highest BCUT2D eigenvalue weighted by Gasteiger charge is 2.09. The quantitative estimate of drug-likeness (QED) is 0.782. The van der Waals surface area contributed by atoms with Crippen LogP contribution < -0.4 is 10.5 Å². The van der Waals surface area contributed by atoms with E-state index in [0.29, 0.717) is 12.4 Å². The van der Waals surface area contributed by atoms with Gasteiger partial charge in [-0.3, -0.25) is 0 Å². The summed E-state index contributed by atoms with van der Waals surface area (Å²) >= 11 is 0. The number of hydrogen-bond donors (Lipinski definition) is 1. The van der Waals surface area contributed by atoms with Crippen LogP contribution in [-0.4, -0.2) is 4.98 Å². The van der Waals surface area contributed by atoms with Crippen molar-refractivity contribution in [3.05, 3.63) is 77.9 Å². The van der Waals surface area contributed by atoms with Crippen LogP contribution in [0, 0.1) is 6.92 Å². The van der Waals surface area contributed by atoms with E-state index in [2.05, 4.69) is 18.0 Å². The monoisotopic (exact) mass is 290 g/mol. The van der Waals surface area contributed by atoms with Crippen molar-refractivity contribution in [2.75, 3.05) is 5.73 Å². The van der Waals surface area contributed by atoms with Crippen LogP contribution in [0.2, 0.25) is 0 Å². The molecule has 0 aliphatic carbocycles. The van der Waals surface area contributed by atoms with Crippen molar-refractivity contribution >= 4 is 5.82 Å². The van der Waals surface area contributed by atoms with E-state index in [0.717, 1.165) is 28.1 Å². The van der Waals surface area contributed by atoms with Gasteiger partial charge in [0.05, 0.1) is 5.69 Å². The number of pyridine rings is 1. The highest BCUT2D eigenvalue weighted by atomic mass is 16.5. The molecule has 0 aliphatic heterocycles. The first-order chi connectivity index (χ1) is 10.7. The van der Waals surface area contributed by atoms with Crippen molar-refractivity contribution < 1.29 is 4.74 Å². The van der Waals surface area contributed by atoms with Crippen molar-refractivity contribution in [2.24, 2.45) is 0 Å². The molecule has 0 bridgehead atoms. The van der Waals surface area contributed by atoms with E-state index in [-0.39, 0.29) is 0 Å². The second kappa shape index (κ2) is 6.31. The fourth-order valence-corrected chi connectivity index (χ4v) is 2.31. The first kappa shape index (κ1) is 14.1. The third-order valence-electron chi connectivity index (χ3n) is 3.42. The molecule has 0 saturated heterocycles. The molecular weight excluding hydrogens is 272 g/mol. The summed E-state index contributed by atoms with van der Waals surface area (Å²) < 4.78 is 5.99. The van der Waals surface area contributed by atoms with Crippen molar-refractivity contribution in [1.82, 2.24) is 4.98 Å². The van der Waals surface area contributed by atoms with E-state index in [1.807, 2.05) is 54.6 Å². The van der Waals surface area contributed by atoms with E-state index >= 15 is 0 Å². The van der Waals surface area contributed by atoms with Gasteiger partial charge >= 0.3 is 0 Å². The Balaban J connectivity index is 1.91. The van der Waals surface area contributed by atoms with Gasteiger partial charge in [-0.15, -0.1) is 0 Å². The highest BCUT2D eigenvalue weighted by molar-refractivity contribution is 5.69. The third kappa shape index (κ3) is 3.26. The van der Waals surface area contributed by atoms with E-state index < -0.39 is 0 Å². The molecule has 0 amide bonds. The molecule has 0 spiro atoms. The number of aromatic nitrogens is 1. The molecule has 1 aromatic heterocycles. The van der Waals surface area contributed by atoms with Gasteiger partial charge in [0.25, 0.3) is 0 Å². The number of anilines is 1. The third-order valence-corrected chi connectivity index (χ3v) is 3.42. The van der Waals surface area contributed by atoms with Gasteiger partial charge in [0.1, 0.15) is 18.2 Å². The largest absolute Gasteiger partial charge is 0.488 e. The van der Waals surface area contributed by atoms with Crippen LogP contribution in [0.25, 0.3) is 11.3 Å². The zero-order valence-electron chi connectivity index (χ0n) is 12.5. The fourth-order valence-electron chi connectivity index (χ4n) is 2.31. The average molecular weight is 290 g/mol. The van der Waals surface area contributed by atoms with Gasteiger partial charge in [-0.1, -0.05) is 48.0 Å². The Morgan fingerprint density at radius 2 is 1.77 bits per heavy atom. The first-order valence-electron chi connectivity index (χ1n) is 7.22. The molecular formula is C19H18N2O. The van der Waals surface area contributed by atoms with E-state index in [4.69, 9.17) is 10.5 Å². The molecule has 0 unspecified atom stereocenters. The van der Waals surface area contributed by atoms with Crippen LogP contribution in [0.1, 0.15) is 11.1 Å². The summed E-state index contributed by atoms with van der Waals surface area (Å²) in [5, 5.41) is 0. The molecule has 2 N–H and O–H groups in total. The van der Waals surface area contributed by atoms with Crippen molar-refractivity contribution in [3.8, 4) is 17.0 Å². The fraction of sp³-hybridized carbons (Fsp3) is 0.105. The maximum absolute atomic E-state index is 5.99. The molecule has 0 radical (unpaired) electrons. The summed E-state index contributed by atoms with van der Waals surface area (Å²) in [5.74, 6) is 1.32. The lowest BCUT2D eigenvalue weighted by molar-refractivity contribution is 0.307. The van der Waals surface area contributed by atoms with Crippen LogP contribution in [0.15, 0.2) is 66.7 Å². The molecule has 0 saturated carbocycles. The second-order valence-corrected chi connectivity index (χ2v) is 5.22. The molecule has 3 heteroatoms. The lowest BCUT2D eigenvalue weighted by Gasteiger charge is -2.12. The highest BCUT2D eigenvalue weighted by Crippen LogP contribution is 2.30. The summed E-state index contributed by atoms with van der Waals surface area (Å²) in [4.78, 5) is 4.40. The lowest BCUT2D eigenvalue weighted by Crippen LogP contribution is -1.98. The van der Waals surface area contributed by atoms with E-state index in [1.54, 1.807) is 6.07 Å². The molecule has 2 aromatic carbocycles. The number of hydrogen-bond acceptors (Lipinski definition) is 3. The van der Waals surface area contributed by atoms with Crippen LogP contribution in [0.5, 0.6) is 5.75 Å². The van der Waals surface area contributed by atoms with Crippen molar-refractivity contribution in [2.45, 2.75) is 13.5 Å². The number of ether oxygens (including phenoxy) is 1. The molecule has 3 rings (SSSR count). The number of benzene rings is 2. The van der Waals surface area contributed by atoms with Crippen LogP contribution in [0.4, 0.5) is 5.82 Å². The molecule has 0 aliphatic rings. The Bertz CT molecular complexity index is 769. The molecule has 0 atom stereocenters. The number of rotatable bonds is 4.